The molecule has 106 valence electrons. The van der Waals surface area contributed by atoms with Gasteiger partial charge in [0, 0.05) is 18.2 Å². The van der Waals surface area contributed by atoms with E-state index in [9.17, 15) is 4.39 Å². The first-order valence-corrected chi connectivity index (χ1v) is 6.98. The predicted molar refractivity (Wildman–Crippen MR) is 74.9 cm³/mol. The SMILES string of the molecule is Cc1cc(OCCN2CCCC2)c([C@H](C)N)cc1F. The van der Waals surface area contributed by atoms with Gasteiger partial charge in [-0.05, 0) is 57.5 Å². The third-order valence-corrected chi connectivity index (χ3v) is 3.65. The summed E-state index contributed by atoms with van der Waals surface area (Å²) in [5.41, 5.74) is 7.21. The van der Waals surface area contributed by atoms with Crippen LogP contribution in [0.15, 0.2) is 12.1 Å². The molecule has 0 aliphatic carbocycles. The van der Waals surface area contributed by atoms with E-state index in [1.54, 1.807) is 13.0 Å². The zero-order chi connectivity index (χ0) is 13.8. The molecule has 4 heteroatoms. The van der Waals surface area contributed by atoms with Crippen molar-refractivity contribution in [2.24, 2.45) is 5.73 Å². The molecule has 0 amide bonds. The Labute approximate surface area is 114 Å². The molecule has 1 aliphatic rings. The summed E-state index contributed by atoms with van der Waals surface area (Å²) in [4.78, 5) is 2.39. The van der Waals surface area contributed by atoms with E-state index in [4.69, 9.17) is 10.5 Å². The Morgan fingerprint density at radius 1 is 1.37 bits per heavy atom. The Bertz CT molecular complexity index is 428. The quantitative estimate of drug-likeness (QED) is 0.890. The van der Waals surface area contributed by atoms with E-state index in [1.165, 1.54) is 18.9 Å². The first-order valence-electron chi connectivity index (χ1n) is 6.98. The van der Waals surface area contributed by atoms with Gasteiger partial charge in [0.05, 0.1) is 0 Å². The number of benzene rings is 1. The number of likely N-dealkylation sites (tertiary alicyclic amines) is 1. The van der Waals surface area contributed by atoms with Crippen molar-refractivity contribution in [2.75, 3.05) is 26.2 Å². The third kappa shape index (κ3) is 3.67. The van der Waals surface area contributed by atoms with Crippen LogP contribution in [-0.2, 0) is 0 Å². The number of aryl methyl sites for hydroxylation is 1. The molecule has 0 aromatic heterocycles. The number of nitrogens with zero attached hydrogens (tertiary/aromatic N) is 1. The average molecular weight is 266 g/mol. The lowest BCUT2D eigenvalue weighted by Crippen LogP contribution is -2.25. The second-order valence-electron chi connectivity index (χ2n) is 5.33. The van der Waals surface area contributed by atoms with Gasteiger partial charge in [-0.25, -0.2) is 4.39 Å². The van der Waals surface area contributed by atoms with Crippen molar-refractivity contribution < 1.29 is 9.13 Å². The van der Waals surface area contributed by atoms with E-state index in [1.807, 2.05) is 6.92 Å². The van der Waals surface area contributed by atoms with Crippen LogP contribution in [0.5, 0.6) is 5.75 Å². The van der Waals surface area contributed by atoms with Crippen LogP contribution in [0, 0.1) is 12.7 Å². The van der Waals surface area contributed by atoms with Gasteiger partial charge in [-0.15, -0.1) is 0 Å². The van der Waals surface area contributed by atoms with Crippen molar-refractivity contribution in [3.05, 3.63) is 29.1 Å². The van der Waals surface area contributed by atoms with Crippen molar-refractivity contribution >= 4 is 0 Å². The zero-order valence-electron chi connectivity index (χ0n) is 11.8. The summed E-state index contributed by atoms with van der Waals surface area (Å²) in [6.45, 7) is 7.46. The lowest BCUT2D eigenvalue weighted by molar-refractivity contribution is 0.235. The normalized spacial score (nSPS) is 17.7. The Morgan fingerprint density at radius 2 is 2.05 bits per heavy atom. The Hall–Kier alpha value is -1.13. The van der Waals surface area contributed by atoms with Crippen molar-refractivity contribution in [2.45, 2.75) is 32.7 Å². The van der Waals surface area contributed by atoms with E-state index >= 15 is 0 Å². The van der Waals surface area contributed by atoms with Crippen LogP contribution in [-0.4, -0.2) is 31.1 Å². The molecule has 1 fully saturated rings. The number of hydrogen-bond donors (Lipinski definition) is 1. The molecule has 0 spiro atoms. The average Bonchev–Trinajstić information content (AvgIpc) is 2.86. The van der Waals surface area contributed by atoms with E-state index in [-0.39, 0.29) is 11.9 Å². The molecule has 0 unspecified atom stereocenters. The highest BCUT2D eigenvalue weighted by atomic mass is 19.1. The third-order valence-electron chi connectivity index (χ3n) is 3.65. The summed E-state index contributed by atoms with van der Waals surface area (Å²) in [6, 6.07) is 3.01. The summed E-state index contributed by atoms with van der Waals surface area (Å²) >= 11 is 0. The van der Waals surface area contributed by atoms with E-state index < -0.39 is 0 Å². The Kier molecular flexibility index (Phi) is 4.77. The first-order chi connectivity index (χ1) is 9.08. The van der Waals surface area contributed by atoms with Gasteiger partial charge in [0.15, 0.2) is 0 Å². The summed E-state index contributed by atoms with van der Waals surface area (Å²) in [5.74, 6) is 0.493. The number of ether oxygens (including phenoxy) is 1. The molecule has 3 nitrogen and oxygen atoms in total. The molecular weight excluding hydrogens is 243 g/mol. The summed E-state index contributed by atoms with van der Waals surface area (Å²) in [7, 11) is 0. The highest BCUT2D eigenvalue weighted by Gasteiger charge is 2.14. The first kappa shape index (κ1) is 14.3. The standard InChI is InChI=1S/C15H23FN2O/c1-11-9-15(13(12(2)17)10-14(11)16)19-8-7-18-5-3-4-6-18/h9-10,12H,3-8,17H2,1-2H3/t12-/m0/s1. The minimum atomic E-state index is -0.225. The van der Waals surface area contributed by atoms with Crippen molar-refractivity contribution in [3.8, 4) is 5.75 Å². The number of halogens is 1. The lowest BCUT2D eigenvalue weighted by Gasteiger charge is -2.18. The fraction of sp³-hybridized carbons (Fsp3) is 0.600. The molecule has 1 atom stereocenters. The maximum absolute atomic E-state index is 13.6. The van der Waals surface area contributed by atoms with Crippen LogP contribution < -0.4 is 10.5 Å². The van der Waals surface area contributed by atoms with Crippen LogP contribution in [0.1, 0.15) is 36.9 Å². The molecule has 19 heavy (non-hydrogen) atoms. The van der Waals surface area contributed by atoms with Crippen LogP contribution in [0.2, 0.25) is 0 Å². The van der Waals surface area contributed by atoms with Gasteiger partial charge in [0.25, 0.3) is 0 Å². The van der Waals surface area contributed by atoms with Crippen molar-refractivity contribution in [3.63, 3.8) is 0 Å². The summed E-state index contributed by atoms with van der Waals surface area (Å²) in [5, 5.41) is 0. The molecular formula is C15H23FN2O. The smallest absolute Gasteiger partial charge is 0.126 e. The lowest BCUT2D eigenvalue weighted by atomic mass is 10.1. The number of nitrogens with two attached hydrogens (primary N) is 1. The summed E-state index contributed by atoms with van der Waals surface area (Å²) < 4.78 is 19.4. The van der Waals surface area contributed by atoms with Gasteiger partial charge in [-0.3, -0.25) is 4.90 Å². The maximum Gasteiger partial charge on any atom is 0.126 e. The number of hydrogen-bond acceptors (Lipinski definition) is 3. The molecule has 2 rings (SSSR count). The van der Waals surface area contributed by atoms with Gasteiger partial charge in [0.2, 0.25) is 0 Å². The molecule has 1 aliphatic heterocycles. The largest absolute Gasteiger partial charge is 0.492 e. The van der Waals surface area contributed by atoms with Gasteiger partial charge >= 0.3 is 0 Å². The van der Waals surface area contributed by atoms with E-state index in [2.05, 4.69) is 4.90 Å². The molecule has 1 saturated heterocycles. The van der Waals surface area contributed by atoms with E-state index in [0.29, 0.717) is 17.9 Å². The van der Waals surface area contributed by atoms with Crippen LogP contribution >= 0.6 is 0 Å². The molecule has 1 aromatic rings. The molecule has 0 radical (unpaired) electrons. The van der Waals surface area contributed by atoms with Gasteiger partial charge < -0.3 is 10.5 Å². The second-order valence-corrected chi connectivity index (χ2v) is 5.33. The Balaban J connectivity index is 1.99. The maximum atomic E-state index is 13.6. The highest BCUT2D eigenvalue weighted by Crippen LogP contribution is 2.27. The van der Waals surface area contributed by atoms with Gasteiger partial charge in [0.1, 0.15) is 18.2 Å². The molecule has 2 N–H and O–H groups in total. The second kappa shape index (κ2) is 6.35. The molecule has 0 saturated carbocycles. The fourth-order valence-corrected chi connectivity index (χ4v) is 2.44. The number of rotatable bonds is 5. The fourth-order valence-electron chi connectivity index (χ4n) is 2.44. The Morgan fingerprint density at radius 3 is 2.68 bits per heavy atom. The summed E-state index contributed by atoms with van der Waals surface area (Å²) in [6.07, 6.45) is 2.56. The van der Waals surface area contributed by atoms with E-state index in [0.717, 1.165) is 25.2 Å². The van der Waals surface area contributed by atoms with Gasteiger partial charge in [-0.1, -0.05) is 0 Å². The molecule has 1 aromatic carbocycles. The van der Waals surface area contributed by atoms with Crippen LogP contribution in [0.4, 0.5) is 4.39 Å². The minimum absolute atomic E-state index is 0.223. The minimum Gasteiger partial charge on any atom is -0.492 e. The topological polar surface area (TPSA) is 38.5 Å². The zero-order valence-corrected chi connectivity index (χ0v) is 11.8. The monoisotopic (exact) mass is 266 g/mol. The molecule has 0 bridgehead atoms. The van der Waals surface area contributed by atoms with Gasteiger partial charge in [-0.2, -0.15) is 0 Å². The highest BCUT2D eigenvalue weighted by molar-refractivity contribution is 5.39. The molecule has 1 heterocycles. The predicted octanol–water partition coefficient (Wildman–Crippen LogP) is 2.63. The van der Waals surface area contributed by atoms with Crippen molar-refractivity contribution in [1.82, 2.24) is 4.90 Å². The van der Waals surface area contributed by atoms with Crippen LogP contribution in [0.25, 0.3) is 0 Å². The van der Waals surface area contributed by atoms with Crippen LogP contribution in [0.3, 0.4) is 0 Å². The van der Waals surface area contributed by atoms with Crippen molar-refractivity contribution in [1.29, 1.82) is 0 Å².